The van der Waals surface area contributed by atoms with E-state index in [1.54, 1.807) is 0 Å². The summed E-state index contributed by atoms with van der Waals surface area (Å²) in [6.45, 7) is 0.217. The first kappa shape index (κ1) is 13.1. The number of aromatic nitrogens is 1. The molecule has 0 bridgehead atoms. The lowest BCUT2D eigenvalue weighted by Gasteiger charge is -2.07. The maximum Gasteiger partial charge on any atom is 0.433 e. The van der Waals surface area contributed by atoms with Gasteiger partial charge in [-0.3, -0.25) is 4.98 Å². The summed E-state index contributed by atoms with van der Waals surface area (Å²) in [4.78, 5) is 5.84. The first-order valence-electron chi connectivity index (χ1n) is 4.75. The molecule has 0 spiro atoms. The molecule has 4 nitrogen and oxygen atoms in total. The number of nitrogens with zero attached hydrogens (tertiary/aromatic N) is 4. The molecule has 1 aromatic rings. The van der Waals surface area contributed by atoms with Crippen molar-refractivity contribution >= 4 is 6.08 Å². The van der Waals surface area contributed by atoms with Crippen molar-refractivity contribution in [1.29, 1.82) is 0 Å². The highest BCUT2D eigenvalue weighted by Crippen LogP contribution is 2.30. The second-order valence-corrected chi connectivity index (χ2v) is 3.08. The molecule has 1 aromatic heterocycles. The van der Waals surface area contributed by atoms with Crippen molar-refractivity contribution in [1.82, 2.24) is 4.98 Å². The summed E-state index contributed by atoms with van der Waals surface area (Å²) in [5, 5.41) is 3.27. The average molecular weight is 242 g/mol. The van der Waals surface area contributed by atoms with Crippen LogP contribution in [0.4, 0.5) is 13.2 Å². The molecule has 7 heteroatoms. The summed E-state index contributed by atoms with van der Waals surface area (Å²) in [5.41, 5.74) is 7.09. The lowest BCUT2D eigenvalue weighted by molar-refractivity contribution is -0.141. The minimum atomic E-state index is -4.47. The van der Waals surface area contributed by atoms with Crippen molar-refractivity contribution < 1.29 is 13.2 Å². The Kier molecular flexibility index (Phi) is 4.54. The number of halogens is 3. The molecule has 0 N–H and O–H groups in total. The number of rotatable bonds is 4. The Labute approximate surface area is 95.4 Å². The van der Waals surface area contributed by atoms with Gasteiger partial charge in [0.05, 0.1) is 0 Å². The lowest BCUT2D eigenvalue weighted by Crippen LogP contribution is -2.09. The van der Waals surface area contributed by atoms with Crippen molar-refractivity contribution in [2.45, 2.75) is 12.6 Å². The van der Waals surface area contributed by atoms with Crippen LogP contribution in [-0.4, -0.2) is 11.5 Å². The van der Waals surface area contributed by atoms with Gasteiger partial charge in [0.1, 0.15) is 0 Å². The van der Waals surface area contributed by atoms with Crippen molar-refractivity contribution in [3.63, 3.8) is 0 Å². The molecule has 0 fully saturated rings. The highest BCUT2D eigenvalue weighted by molar-refractivity contribution is 5.52. The SMILES string of the molecule is [N-]=[N+]=NCCC=Cc1cccnc1C(F)(F)F. The summed E-state index contributed by atoms with van der Waals surface area (Å²) < 4.78 is 37.5. The largest absolute Gasteiger partial charge is 0.433 e. The molecular formula is C10H9F3N4. The lowest BCUT2D eigenvalue weighted by atomic mass is 10.1. The Bertz CT molecular complexity index is 447. The van der Waals surface area contributed by atoms with Gasteiger partial charge in [0.2, 0.25) is 0 Å². The van der Waals surface area contributed by atoms with Crippen molar-refractivity contribution in [2.75, 3.05) is 6.54 Å². The molecule has 0 unspecified atom stereocenters. The highest BCUT2D eigenvalue weighted by Gasteiger charge is 2.34. The smallest absolute Gasteiger partial charge is 0.251 e. The first-order chi connectivity index (χ1) is 8.05. The molecule has 0 aliphatic heterocycles. The zero-order valence-electron chi connectivity index (χ0n) is 8.72. The van der Waals surface area contributed by atoms with Crippen LogP contribution in [-0.2, 0) is 6.18 Å². The third kappa shape index (κ3) is 4.16. The van der Waals surface area contributed by atoms with E-state index < -0.39 is 11.9 Å². The predicted molar refractivity (Wildman–Crippen MR) is 56.9 cm³/mol. The fourth-order valence-electron chi connectivity index (χ4n) is 1.18. The second kappa shape index (κ2) is 5.91. The molecule has 0 aliphatic carbocycles. The van der Waals surface area contributed by atoms with Gasteiger partial charge in [-0.05, 0) is 18.0 Å². The maximum atomic E-state index is 12.5. The summed E-state index contributed by atoms with van der Waals surface area (Å²) in [6.07, 6.45) is -0.147. The third-order valence-corrected chi connectivity index (χ3v) is 1.86. The van der Waals surface area contributed by atoms with E-state index in [0.717, 1.165) is 6.20 Å². The van der Waals surface area contributed by atoms with Gasteiger partial charge in [-0.25, -0.2) is 0 Å². The minimum Gasteiger partial charge on any atom is -0.251 e. The Morgan fingerprint density at radius 1 is 1.47 bits per heavy atom. The zero-order chi connectivity index (χ0) is 12.7. The van der Waals surface area contributed by atoms with Crippen LogP contribution < -0.4 is 0 Å². The molecule has 1 rings (SSSR count). The molecule has 0 atom stereocenters. The number of hydrogen-bond acceptors (Lipinski definition) is 2. The van der Waals surface area contributed by atoms with Crippen LogP contribution in [0.15, 0.2) is 29.5 Å². The number of hydrogen-bond donors (Lipinski definition) is 0. The Balaban J connectivity index is 2.80. The van der Waals surface area contributed by atoms with E-state index in [1.807, 2.05) is 0 Å². The molecule has 0 aliphatic rings. The first-order valence-corrected chi connectivity index (χ1v) is 4.75. The molecule has 17 heavy (non-hydrogen) atoms. The minimum absolute atomic E-state index is 0.000868. The van der Waals surface area contributed by atoms with Crippen LogP contribution >= 0.6 is 0 Å². The standard InChI is InChI=1S/C10H9F3N4/c11-10(12,13)9-8(5-3-6-15-9)4-1-2-7-16-17-14/h1,3-6H,2,7H2. The van der Waals surface area contributed by atoms with E-state index in [-0.39, 0.29) is 12.1 Å². The molecule has 0 radical (unpaired) electrons. The Morgan fingerprint density at radius 2 is 2.24 bits per heavy atom. The van der Waals surface area contributed by atoms with Crippen LogP contribution in [0.1, 0.15) is 17.7 Å². The van der Waals surface area contributed by atoms with Crippen molar-refractivity contribution in [3.05, 3.63) is 46.1 Å². The topological polar surface area (TPSA) is 61.7 Å². The summed E-state index contributed by atoms with van der Waals surface area (Å²) in [7, 11) is 0. The van der Waals surface area contributed by atoms with E-state index in [0.29, 0.717) is 6.42 Å². The van der Waals surface area contributed by atoms with Gasteiger partial charge in [-0.1, -0.05) is 23.3 Å². The normalized spacial score (nSPS) is 11.5. The molecular weight excluding hydrogens is 233 g/mol. The van der Waals surface area contributed by atoms with Crippen LogP contribution in [0.3, 0.4) is 0 Å². The summed E-state index contributed by atoms with van der Waals surface area (Å²) in [5.74, 6) is 0. The zero-order valence-corrected chi connectivity index (χ0v) is 8.72. The molecule has 0 saturated carbocycles. The fourth-order valence-corrected chi connectivity index (χ4v) is 1.18. The number of alkyl halides is 3. The van der Waals surface area contributed by atoms with Gasteiger partial charge in [0, 0.05) is 23.2 Å². The van der Waals surface area contributed by atoms with Gasteiger partial charge < -0.3 is 0 Å². The molecule has 0 aromatic carbocycles. The van der Waals surface area contributed by atoms with E-state index in [4.69, 9.17) is 5.53 Å². The quantitative estimate of drug-likeness (QED) is 0.342. The monoisotopic (exact) mass is 242 g/mol. The highest BCUT2D eigenvalue weighted by atomic mass is 19.4. The Hall–Kier alpha value is -2.01. The molecule has 0 amide bonds. The summed E-state index contributed by atoms with van der Waals surface area (Å²) in [6, 6.07) is 2.77. The van der Waals surface area contributed by atoms with Gasteiger partial charge >= 0.3 is 6.18 Å². The molecule has 0 saturated heterocycles. The van der Waals surface area contributed by atoms with E-state index in [9.17, 15) is 13.2 Å². The fraction of sp³-hybridized carbons (Fsp3) is 0.300. The predicted octanol–water partition coefficient (Wildman–Crippen LogP) is 3.81. The van der Waals surface area contributed by atoms with Gasteiger partial charge in [0.15, 0.2) is 5.69 Å². The van der Waals surface area contributed by atoms with Crippen LogP contribution in [0.5, 0.6) is 0 Å². The van der Waals surface area contributed by atoms with Crippen LogP contribution in [0.2, 0.25) is 0 Å². The van der Waals surface area contributed by atoms with Gasteiger partial charge in [0.25, 0.3) is 0 Å². The van der Waals surface area contributed by atoms with Crippen molar-refractivity contribution in [3.8, 4) is 0 Å². The molecule has 1 heterocycles. The third-order valence-electron chi connectivity index (χ3n) is 1.86. The van der Waals surface area contributed by atoms with E-state index in [2.05, 4.69) is 15.0 Å². The van der Waals surface area contributed by atoms with Gasteiger partial charge in [-0.15, -0.1) is 0 Å². The number of azide groups is 1. The van der Waals surface area contributed by atoms with Crippen LogP contribution in [0, 0.1) is 0 Å². The van der Waals surface area contributed by atoms with Crippen LogP contribution in [0.25, 0.3) is 16.5 Å². The van der Waals surface area contributed by atoms with E-state index >= 15 is 0 Å². The molecule has 90 valence electrons. The maximum absolute atomic E-state index is 12.5. The number of pyridine rings is 1. The average Bonchev–Trinajstić information content (AvgIpc) is 2.28. The Morgan fingerprint density at radius 3 is 2.88 bits per heavy atom. The van der Waals surface area contributed by atoms with E-state index in [1.165, 1.54) is 24.3 Å². The van der Waals surface area contributed by atoms with Crippen molar-refractivity contribution in [2.24, 2.45) is 5.11 Å². The van der Waals surface area contributed by atoms with Gasteiger partial charge in [-0.2, -0.15) is 13.2 Å². The second-order valence-electron chi connectivity index (χ2n) is 3.08. The summed E-state index contributed by atoms with van der Waals surface area (Å²) >= 11 is 0.